The highest BCUT2D eigenvalue weighted by atomic mass is 127. The molecule has 21 heavy (non-hydrogen) atoms. The van der Waals surface area contributed by atoms with Gasteiger partial charge in [-0.1, -0.05) is 18.2 Å². The van der Waals surface area contributed by atoms with E-state index in [4.69, 9.17) is 4.74 Å². The number of para-hydroxylation sites is 1. The van der Waals surface area contributed by atoms with Gasteiger partial charge in [-0.05, 0) is 25.3 Å². The Labute approximate surface area is 149 Å². The van der Waals surface area contributed by atoms with Crippen molar-refractivity contribution in [2.45, 2.75) is 6.92 Å². The third kappa shape index (κ3) is 9.08. The van der Waals surface area contributed by atoms with Gasteiger partial charge in [0.2, 0.25) is 0 Å². The highest BCUT2D eigenvalue weighted by molar-refractivity contribution is 14.0. The number of halogens is 1. The van der Waals surface area contributed by atoms with Crippen molar-refractivity contribution in [3.63, 3.8) is 0 Å². The van der Waals surface area contributed by atoms with E-state index in [9.17, 15) is 0 Å². The summed E-state index contributed by atoms with van der Waals surface area (Å²) in [6, 6.07) is 9.89. The van der Waals surface area contributed by atoms with Gasteiger partial charge in [0.05, 0.1) is 13.1 Å². The summed E-state index contributed by atoms with van der Waals surface area (Å²) in [5.41, 5.74) is 0. The standard InChI is InChI=1S/C15H25N3OS.HI/c1-4-16-15(17-10-13-20-3)18(2)11-12-19-14-8-6-5-7-9-14;/h5-9H,4,10-13H2,1-3H3,(H,16,17);1H. The van der Waals surface area contributed by atoms with Crippen LogP contribution in [0.4, 0.5) is 0 Å². The molecule has 0 unspecified atom stereocenters. The first-order chi connectivity index (χ1) is 9.77. The van der Waals surface area contributed by atoms with Gasteiger partial charge < -0.3 is 15.0 Å². The molecule has 0 fully saturated rings. The maximum atomic E-state index is 5.70. The molecule has 1 aromatic rings. The summed E-state index contributed by atoms with van der Waals surface area (Å²) in [4.78, 5) is 6.69. The number of guanidine groups is 1. The molecule has 120 valence electrons. The zero-order valence-corrected chi connectivity index (χ0v) is 16.2. The number of nitrogens with zero attached hydrogens (tertiary/aromatic N) is 2. The Kier molecular flexibility index (Phi) is 12.7. The van der Waals surface area contributed by atoms with E-state index in [0.29, 0.717) is 6.61 Å². The van der Waals surface area contributed by atoms with E-state index >= 15 is 0 Å². The van der Waals surface area contributed by atoms with Crippen molar-refractivity contribution in [3.05, 3.63) is 30.3 Å². The molecule has 0 aliphatic carbocycles. The van der Waals surface area contributed by atoms with Crippen molar-refractivity contribution in [3.8, 4) is 5.75 Å². The fourth-order valence-corrected chi connectivity index (χ4v) is 1.91. The highest BCUT2D eigenvalue weighted by Crippen LogP contribution is 2.07. The van der Waals surface area contributed by atoms with E-state index in [2.05, 4.69) is 28.4 Å². The Bertz CT molecular complexity index is 390. The molecule has 1 N–H and O–H groups in total. The van der Waals surface area contributed by atoms with Crippen LogP contribution in [0.15, 0.2) is 35.3 Å². The predicted octanol–water partition coefficient (Wildman–Crippen LogP) is 2.94. The van der Waals surface area contributed by atoms with Gasteiger partial charge in [-0.15, -0.1) is 24.0 Å². The molecule has 0 radical (unpaired) electrons. The quantitative estimate of drug-likeness (QED) is 0.302. The first-order valence-corrected chi connectivity index (χ1v) is 8.33. The lowest BCUT2D eigenvalue weighted by molar-refractivity contribution is 0.281. The average molecular weight is 423 g/mol. The maximum Gasteiger partial charge on any atom is 0.193 e. The van der Waals surface area contributed by atoms with Crippen LogP contribution >= 0.6 is 35.7 Å². The Hall–Kier alpha value is -0.630. The molecule has 0 heterocycles. The van der Waals surface area contributed by atoms with Gasteiger partial charge in [0, 0.05) is 19.3 Å². The minimum Gasteiger partial charge on any atom is -0.492 e. The number of thioether (sulfide) groups is 1. The Morgan fingerprint density at radius 3 is 2.67 bits per heavy atom. The third-order valence-electron chi connectivity index (χ3n) is 2.69. The first kappa shape index (κ1) is 20.4. The van der Waals surface area contributed by atoms with Crippen molar-refractivity contribution in [2.75, 3.05) is 45.3 Å². The molecule has 6 heteroatoms. The minimum absolute atomic E-state index is 0. The van der Waals surface area contributed by atoms with Crippen LogP contribution in [0.1, 0.15) is 6.92 Å². The van der Waals surface area contributed by atoms with E-state index in [-0.39, 0.29) is 24.0 Å². The second kappa shape index (κ2) is 13.1. The molecule has 0 aromatic heterocycles. The smallest absolute Gasteiger partial charge is 0.193 e. The van der Waals surface area contributed by atoms with Gasteiger partial charge in [-0.3, -0.25) is 4.99 Å². The van der Waals surface area contributed by atoms with Crippen LogP contribution in [-0.4, -0.2) is 56.2 Å². The molecule has 0 saturated carbocycles. The molecule has 0 spiro atoms. The summed E-state index contributed by atoms with van der Waals surface area (Å²) in [6.45, 7) is 5.25. The SMILES string of the molecule is CCNC(=NCCSC)N(C)CCOc1ccccc1.I. The number of hydrogen-bond donors (Lipinski definition) is 1. The van der Waals surface area contributed by atoms with Gasteiger partial charge in [0.15, 0.2) is 5.96 Å². The zero-order valence-electron chi connectivity index (χ0n) is 13.0. The second-order valence-electron chi connectivity index (χ2n) is 4.31. The molecule has 0 aliphatic rings. The van der Waals surface area contributed by atoms with Gasteiger partial charge in [0.1, 0.15) is 12.4 Å². The van der Waals surface area contributed by atoms with Crippen molar-refractivity contribution in [1.29, 1.82) is 0 Å². The molecule has 0 atom stereocenters. The average Bonchev–Trinajstić information content (AvgIpc) is 2.47. The summed E-state index contributed by atoms with van der Waals surface area (Å²) >= 11 is 1.81. The van der Waals surface area contributed by atoms with Crippen molar-refractivity contribution < 1.29 is 4.74 Å². The summed E-state index contributed by atoms with van der Waals surface area (Å²) in [7, 11) is 2.04. The van der Waals surface area contributed by atoms with Gasteiger partial charge in [0.25, 0.3) is 0 Å². The van der Waals surface area contributed by atoms with Crippen molar-refractivity contribution >= 4 is 41.7 Å². The summed E-state index contributed by atoms with van der Waals surface area (Å²) in [5.74, 6) is 2.90. The van der Waals surface area contributed by atoms with Crippen LogP contribution in [0.25, 0.3) is 0 Å². The Morgan fingerprint density at radius 2 is 2.05 bits per heavy atom. The normalized spacial score (nSPS) is 10.7. The molecular weight excluding hydrogens is 397 g/mol. The van der Waals surface area contributed by atoms with Crippen LogP contribution in [0.3, 0.4) is 0 Å². The van der Waals surface area contributed by atoms with E-state index in [0.717, 1.165) is 37.1 Å². The van der Waals surface area contributed by atoms with Crippen LogP contribution in [0, 0.1) is 0 Å². The number of ether oxygens (including phenoxy) is 1. The topological polar surface area (TPSA) is 36.9 Å². The molecule has 0 aliphatic heterocycles. The van der Waals surface area contributed by atoms with Crippen LogP contribution in [0.2, 0.25) is 0 Å². The number of benzene rings is 1. The number of aliphatic imine (C=N–C) groups is 1. The third-order valence-corrected chi connectivity index (χ3v) is 3.28. The van der Waals surface area contributed by atoms with Crippen molar-refractivity contribution in [2.24, 2.45) is 4.99 Å². The van der Waals surface area contributed by atoms with Gasteiger partial charge in [-0.25, -0.2) is 0 Å². The molecule has 0 bridgehead atoms. The van der Waals surface area contributed by atoms with Crippen LogP contribution in [-0.2, 0) is 0 Å². The lowest BCUT2D eigenvalue weighted by Crippen LogP contribution is -2.41. The summed E-state index contributed by atoms with van der Waals surface area (Å²) in [6.07, 6.45) is 2.10. The zero-order chi connectivity index (χ0) is 14.6. The molecule has 0 amide bonds. The maximum absolute atomic E-state index is 5.70. The molecular formula is C15H26IN3OS. The fourth-order valence-electron chi connectivity index (χ4n) is 1.64. The number of hydrogen-bond acceptors (Lipinski definition) is 3. The highest BCUT2D eigenvalue weighted by Gasteiger charge is 2.05. The molecule has 4 nitrogen and oxygen atoms in total. The van der Waals surface area contributed by atoms with Crippen molar-refractivity contribution in [1.82, 2.24) is 10.2 Å². The largest absolute Gasteiger partial charge is 0.492 e. The number of rotatable bonds is 8. The monoisotopic (exact) mass is 423 g/mol. The lowest BCUT2D eigenvalue weighted by Gasteiger charge is -2.22. The fraction of sp³-hybridized carbons (Fsp3) is 0.533. The summed E-state index contributed by atoms with van der Waals surface area (Å²) in [5, 5.41) is 3.30. The van der Waals surface area contributed by atoms with Gasteiger partial charge >= 0.3 is 0 Å². The van der Waals surface area contributed by atoms with Crippen LogP contribution in [0.5, 0.6) is 5.75 Å². The summed E-state index contributed by atoms with van der Waals surface area (Å²) < 4.78 is 5.70. The van der Waals surface area contributed by atoms with E-state index in [1.54, 1.807) is 0 Å². The lowest BCUT2D eigenvalue weighted by atomic mass is 10.3. The number of nitrogens with one attached hydrogen (secondary N) is 1. The first-order valence-electron chi connectivity index (χ1n) is 6.94. The predicted molar refractivity (Wildman–Crippen MR) is 104 cm³/mol. The Balaban J connectivity index is 0.00000400. The molecule has 0 saturated heterocycles. The van der Waals surface area contributed by atoms with Crippen LogP contribution < -0.4 is 10.1 Å². The number of likely N-dealkylation sites (N-methyl/N-ethyl adjacent to an activating group) is 1. The van der Waals surface area contributed by atoms with Gasteiger partial charge in [-0.2, -0.15) is 11.8 Å². The second-order valence-corrected chi connectivity index (χ2v) is 5.30. The molecule has 1 aromatic carbocycles. The Morgan fingerprint density at radius 1 is 1.33 bits per heavy atom. The molecule has 1 rings (SSSR count). The minimum atomic E-state index is 0. The van der Waals surface area contributed by atoms with E-state index in [1.165, 1.54) is 0 Å². The van der Waals surface area contributed by atoms with E-state index in [1.807, 2.05) is 49.1 Å². The van der Waals surface area contributed by atoms with E-state index < -0.39 is 0 Å².